The van der Waals surface area contributed by atoms with E-state index in [2.05, 4.69) is 31.6 Å². The molecule has 1 saturated carbocycles. The normalized spacial score (nSPS) is 17.3. The number of nitrogens with two attached hydrogens (primary N) is 1. The Morgan fingerprint density at radius 3 is 2.33 bits per heavy atom. The first-order valence-electron chi connectivity index (χ1n) is 17.8. The van der Waals surface area contributed by atoms with Gasteiger partial charge in [-0.2, -0.15) is 0 Å². The molecule has 52 heavy (non-hydrogen) atoms. The highest BCUT2D eigenvalue weighted by molar-refractivity contribution is 6.27. The van der Waals surface area contributed by atoms with E-state index in [1.54, 1.807) is 6.20 Å². The molecule has 7 amide bonds. The van der Waals surface area contributed by atoms with Gasteiger partial charge in [0.1, 0.15) is 30.0 Å². The van der Waals surface area contributed by atoms with Crippen LogP contribution in [0, 0.1) is 0 Å². The number of H-pyrrole nitrogens is 1. The van der Waals surface area contributed by atoms with Crippen molar-refractivity contribution in [1.82, 2.24) is 36.5 Å². The lowest BCUT2D eigenvalue weighted by Gasteiger charge is -2.37. The number of halogens is 1. The van der Waals surface area contributed by atoms with Gasteiger partial charge in [-0.25, -0.2) is 4.79 Å². The number of amides is 7. The van der Waals surface area contributed by atoms with Gasteiger partial charge in [-0.05, 0) is 62.1 Å². The topological polar surface area (TPSA) is 208 Å². The number of piperidine rings is 1. The van der Waals surface area contributed by atoms with E-state index in [0.717, 1.165) is 34.9 Å². The number of nitrogens with zero attached hydrogens (tertiary/aromatic N) is 1. The van der Waals surface area contributed by atoms with Crippen molar-refractivity contribution in [2.45, 2.75) is 88.0 Å². The predicted molar refractivity (Wildman–Crippen MR) is 196 cm³/mol. The number of hydrogen-bond acceptors (Lipinski definition) is 6. The molecule has 15 heteroatoms. The van der Waals surface area contributed by atoms with Crippen LogP contribution in [0.3, 0.4) is 0 Å². The van der Waals surface area contributed by atoms with Crippen molar-refractivity contribution in [3.05, 3.63) is 71.9 Å². The zero-order valence-corrected chi connectivity index (χ0v) is 29.8. The minimum atomic E-state index is -1.11. The van der Waals surface area contributed by atoms with Crippen LogP contribution in [0.1, 0.15) is 56.1 Å². The molecule has 8 N–H and O–H groups in total. The SMILES string of the molecule is NC(=O)NCCCC(NC(=O)C(Cc1c[nH]c2ccccc12)NC(=O)[C@@H]1CCCCN1C(=O)C(Cc1ccccc1)NC(=O)CCl)C(=O)NC1CC1. The maximum atomic E-state index is 14.2. The largest absolute Gasteiger partial charge is 0.361 e. The maximum absolute atomic E-state index is 14.2. The van der Waals surface area contributed by atoms with E-state index in [1.165, 1.54) is 4.90 Å². The third kappa shape index (κ3) is 10.7. The molecule has 4 atom stereocenters. The molecule has 278 valence electrons. The molecule has 2 heterocycles. The molecule has 1 aromatic heterocycles. The number of likely N-dealkylation sites (tertiary alicyclic amines) is 1. The second-order valence-electron chi connectivity index (χ2n) is 13.4. The third-order valence-electron chi connectivity index (χ3n) is 9.38. The smallest absolute Gasteiger partial charge is 0.312 e. The van der Waals surface area contributed by atoms with Crippen LogP contribution in [-0.2, 0) is 36.8 Å². The van der Waals surface area contributed by atoms with Crippen molar-refractivity contribution in [2.24, 2.45) is 5.73 Å². The van der Waals surface area contributed by atoms with Crippen LogP contribution >= 0.6 is 11.6 Å². The lowest BCUT2D eigenvalue weighted by molar-refractivity contribution is -0.145. The summed E-state index contributed by atoms with van der Waals surface area (Å²) in [5.74, 6) is -2.67. The standard InChI is InChI=1S/C37H47ClN8O6/c38-21-32(47)43-30(19-23-9-2-1-3-10-23)36(51)46-18-7-6-14-31(46)35(50)45-29(20-24-22-41-27-12-5-4-11-26(24)27)34(49)44-28(13-8-17-40-37(39)52)33(48)42-25-15-16-25/h1-5,9-12,22,25,28-31,41H,6-8,13-21H2,(H,42,48)(H,43,47)(H,44,49)(H,45,50)(H3,39,40,52)/t28?,29?,30?,31-/m0/s1. The van der Waals surface area contributed by atoms with Crippen LogP contribution in [0.25, 0.3) is 10.9 Å². The Kier molecular flexibility index (Phi) is 13.5. The van der Waals surface area contributed by atoms with Crippen molar-refractivity contribution in [3.8, 4) is 0 Å². The fourth-order valence-electron chi connectivity index (χ4n) is 6.54. The fraction of sp³-hybridized carbons (Fsp3) is 0.459. The highest BCUT2D eigenvalue weighted by Crippen LogP contribution is 2.23. The predicted octanol–water partition coefficient (Wildman–Crippen LogP) is 1.75. The first kappa shape index (κ1) is 38.1. The minimum Gasteiger partial charge on any atom is -0.361 e. The number of fused-ring (bicyclic) bond motifs is 1. The van der Waals surface area contributed by atoms with Gasteiger partial charge in [0.2, 0.25) is 29.5 Å². The molecule has 1 saturated heterocycles. The van der Waals surface area contributed by atoms with Gasteiger partial charge in [0.25, 0.3) is 0 Å². The number of carbonyl (C=O) groups excluding carboxylic acids is 6. The molecule has 3 aromatic rings. The number of aromatic amines is 1. The van der Waals surface area contributed by atoms with E-state index in [4.69, 9.17) is 17.3 Å². The molecule has 3 unspecified atom stereocenters. The molecule has 1 aliphatic heterocycles. The summed E-state index contributed by atoms with van der Waals surface area (Å²) in [5, 5.41) is 14.8. The summed E-state index contributed by atoms with van der Waals surface area (Å²) in [4.78, 5) is 83.9. The number of rotatable bonds is 17. The number of hydrogen-bond donors (Lipinski definition) is 7. The van der Waals surface area contributed by atoms with Crippen molar-refractivity contribution in [1.29, 1.82) is 0 Å². The Bertz CT molecular complexity index is 1730. The summed E-state index contributed by atoms with van der Waals surface area (Å²) in [5.41, 5.74) is 7.66. The summed E-state index contributed by atoms with van der Waals surface area (Å²) in [6.45, 7) is 0.511. The van der Waals surface area contributed by atoms with Crippen molar-refractivity contribution in [3.63, 3.8) is 0 Å². The van der Waals surface area contributed by atoms with Crippen LogP contribution < -0.4 is 32.3 Å². The van der Waals surface area contributed by atoms with Gasteiger partial charge in [-0.3, -0.25) is 24.0 Å². The number of aromatic nitrogens is 1. The van der Waals surface area contributed by atoms with E-state index in [1.807, 2.05) is 54.6 Å². The lowest BCUT2D eigenvalue weighted by atomic mass is 9.97. The molecule has 2 aliphatic rings. The average Bonchev–Trinajstić information content (AvgIpc) is 3.88. The summed E-state index contributed by atoms with van der Waals surface area (Å²) in [6, 6.07) is 12.3. The Morgan fingerprint density at radius 1 is 0.846 bits per heavy atom. The summed E-state index contributed by atoms with van der Waals surface area (Å²) >= 11 is 5.79. The highest BCUT2D eigenvalue weighted by Gasteiger charge is 2.38. The van der Waals surface area contributed by atoms with Crippen LogP contribution in [0.4, 0.5) is 4.79 Å². The first-order chi connectivity index (χ1) is 25.1. The van der Waals surface area contributed by atoms with E-state index in [-0.39, 0.29) is 43.6 Å². The number of para-hydroxylation sites is 1. The van der Waals surface area contributed by atoms with Gasteiger partial charge < -0.3 is 42.2 Å². The molecule has 0 bridgehead atoms. The van der Waals surface area contributed by atoms with Gasteiger partial charge in [-0.15, -0.1) is 11.6 Å². The number of urea groups is 1. The molecule has 0 spiro atoms. The van der Waals surface area contributed by atoms with Crippen molar-refractivity contribution < 1.29 is 28.8 Å². The molecule has 1 aliphatic carbocycles. The maximum Gasteiger partial charge on any atom is 0.312 e. The van der Waals surface area contributed by atoms with Crippen LogP contribution in [0.15, 0.2) is 60.8 Å². The second kappa shape index (κ2) is 18.4. The summed E-state index contributed by atoms with van der Waals surface area (Å²) in [7, 11) is 0. The van der Waals surface area contributed by atoms with Gasteiger partial charge in [0.05, 0.1) is 0 Å². The van der Waals surface area contributed by atoms with Crippen LogP contribution in [-0.4, -0.2) is 94.6 Å². The molecule has 5 rings (SSSR count). The lowest BCUT2D eigenvalue weighted by Crippen LogP contribution is -2.61. The van der Waals surface area contributed by atoms with Crippen molar-refractivity contribution in [2.75, 3.05) is 19.0 Å². The molecule has 14 nitrogen and oxygen atoms in total. The van der Waals surface area contributed by atoms with Gasteiger partial charge >= 0.3 is 6.03 Å². The molecule has 2 aromatic carbocycles. The van der Waals surface area contributed by atoms with Gasteiger partial charge in [-0.1, -0.05) is 48.5 Å². The van der Waals surface area contributed by atoms with E-state index in [9.17, 15) is 28.8 Å². The number of carbonyl (C=O) groups is 6. The zero-order chi connectivity index (χ0) is 37.0. The monoisotopic (exact) mass is 734 g/mol. The zero-order valence-electron chi connectivity index (χ0n) is 29.0. The summed E-state index contributed by atoms with van der Waals surface area (Å²) in [6.07, 6.45) is 6.10. The summed E-state index contributed by atoms with van der Waals surface area (Å²) < 4.78 is 0. The van der Waals surface area contributed by atoms with Crippen LogP contribution in [0.5, 0.6) is 0 Å². The Hall–Kier alpha value is -5.11. The third-order valence-corrected chi connectivity index (χ3v) is 9.63. The fourth-order valence-corrected chi connectivity index (χ4v) is 6.61. The molecule has 0 radical (unpaired) electrons. The number of benzene rings is 2. The highest BCUT2D eigenvalue weighted by atomic mass is 35.5. The van der Waals surface area contributed by atoms with Crippen molar-refractivity contribution >= 4 is 58.1 Å². The Labute approximate surface area is 307 Å². The molecular formula is C37H47ClN8O6. The number of alkyl halides is 1. The average molecular weight is 735 g/mol. The second-order valence-corrected chi connectivity index (χ2v) is 13.7. The molecule has 2 fully saturated rings. The van der Waals surface area contributed by atoms with E-state index >= 15 is 0 Å². The van der Waals surface area contributed by atoms with Gasteiger partial charge in [0.15, 0.2) is 0 Å². The quantitative estimate of drug-likeness (QED) is 0.0812. The Morgan fingerprint density at radius 2 is 1.60 bits per heavy atom. The van der Waals surface area contributed by atoms with E-state index in [0.29, 0.717) is 32.2 Å². The Balaban J connectivity index is 1.37. The van der Waals surface area contributed by atoms with Gasteiger partial charge in [0, 0.05) is 49.1 Å². The number of primary amides is 1. The van der Waals surface area contributed by atoms with Crippen LogP contribution in [0.2, 0.25) is 0 Å². The first-order valence-corrected chi connectivity index (χ1v) is 18.4. The minimum absolute atomic E-state index is 0.0483. The van der Waals surface area contributed by atoms with E-state index < -0.39 is 53.8 Å². The number of nitrogens with one attached hydrogen (secondary N) is 6. The molecular weight excluding hydrogens is 688 g/mol.